The molecule has 1 unspecified atom stereocenters. The lowest BCUT2D eigenvalue weighted by Gasteiger charge is -2.70. The van der Waals surface area contributed by atoms with E-state index in [1.165, 1.54) is 7.11 Å². The molecule has 318 valence electrons. The quantitative estimate of drug-likeness (QED) is 0.118. The molecule has 57 heavy (non-hydrogen) atoms. The van der Waals surface area contributed by atoms with Gasteiger partial charge in [-0.25, -0.2) is 4.79 Å². The Morgan fingerprint density at radius 2 is 1.53 bits per heavy atom. The Morgan fingerprint density at radius 1 is 0.860 bits per heavy atom. The van der Waals surface area contributed by atoms with Crippen molar-refractivity contribution in [3.63, 3.8) is 0 Å². The molecule has 4 N–H and O–H groups in total. The van der Waals surface area contributed by atoms with Crippen molar-refractivity contribution >= 4 is 17.9 Å². The van der Waals surface area contributed by atoms with Gasteiger partial charge in [0.25, 0.3) is 0 Å². The number of hydrogen-bond acceptors (Lipinski definition) is 13. The maximum atomic E-state index is 14.4. The van der Waals surface area contributed by atoms with Crippen LogP contribution in [0.1, 0.15) is 87.9 Å². The van der Waals surface area contributed by atoms with Crippen LogP contribution in [0, 0.1) is 34.5 Å². The first-order valence-electron chi connectivity index (χ1n) is 21.0. The van der Waals surface area contributed by atoms with Crippen molar-refractivity contribution in [3.8, 4) is 0 Å². The van der Waals surface area contributed by atoms with Crippen LogP contribution >= 0.6 is 0 Å². The number of hydrogen-bond donors (Lipinski definition) is 4. The van der Waals surface area contributed by atoms with Crippen LogP contribution in [0.15, 0.2) is 30.3 Å². The number of aliphatic hydroxyl groups is 3. The minimum Gasteiger partial charge on any atom is -0.481 e. The average molecular weight is 802 g/mol. The van der Waals surface area contributed by atoms with E-state index in [2.05, 4.69) is 11.8 Å². The monoisotopic (exact) mass is 801 g/mol. The molecule has 5 aliphatic carbocycles. The predicted molar refractivity (Wildman–Crippen MR) is 204 cm³/mol. The maximum absolute atomic E-state index is 14.4. The van der Waals surface area contributed by atoms with Crippen molar-refractivity contribution in [2.45, 2.75) is 131 Å². The highest BCUT2D eigenvalue weighted by molar-refractivity contribution is 5.89. The van der Waals surface area contributed by atoms with Gasteiger partial charge in [-0.15, -0.1) is 0 Å². The summed E-state index contributed by atoms with van der Waals surface area (Å²) in [4.78, 5) is 41.6. The van der Waals surface area contributed by atoms with E-state index in [1.807, 2.05) is 0 Å². The molecule has 14 heteroatoms. The summed E-state index contributed by atoms with van der Waals surface area (Å²) >= 11 is 0. The molecule has 5 saturated carbocycles. The Labute approximate surface area is 335 Å². The number of likely N-dealkylation sites (tertiary alicyclic amines) is 1. The van der Waals surface area contributed by atoms with Gasteiger partial charge in [0.1, 0.15) is 23.9 Å². The van der Waals surface area contributed by atoms with Crippen LogP contribution < -0.4 is 0 Å². The first-order chi connectivity index (χ1) is 27.4. The molecular weight excluding hydrogens is 738 g/mol. The van der Waals surface area contributed by atoms with Crippen LogP contribution in [-0.2, 0) is 38.0 Å². The van der Waals surface area contributed by atoms with Gasteiger partial charge < -0.3 is 48.8 Å². The Balaban J connectivity index is 1.32. The SMILES string of the molecule is CCN1C[C@]2(COC)[C@H](O)C[C@H](OC)[C@]34C1[C@H]([C@H](OC)[C@H]23)[C@]1(OC(=O)CCCCCCCCCC(=O)O)[C@H]2[C@@H](OC(=O)c3ccccc3)[C@](O)(C[C@H]24)[C@@H](OC)[C@@H]1O. The Kier molecular flexibility index (Phi) is 12.2. The summed E-state index contributed by atoms with van der Waals surface area (Å²) in [6.45, 7) is 3.31. The van der Waals surface area contributed by atoms with Crippen molar-refractivity contribution < 1.29 is 63.2 Å². The van der Waals surface area contributed by atoms with E-state index in [4.69, 9.17) is 33.5 Å². The number of ether oxygens (including phenoxy) is 6. The number of aliphatic carboxylic acids is 1. The lowest BCUT2D eigenvalue weighted by Crippen LogP contribution is -2.81. The summed E-state index contributed by atoms with van der Waals surface area (Å²) in [5.41, 5.74) is -4.99. The van der Waals surface area contributed by atoms with E-state index in [1.54, 1.807) is 51.7 Å². The standard InChI is InChI=1S/C43H63NO13/c1-6-44-23-40(24-52-2)27(45)21-28(53-3)42-26-22-41(51)37(56-39(50)25-17-13-12-14-18-25)31(26)43(36(49)38(41)55-5,32(35(42)44)33(54-4)34(40)42)57-30(48)20-16-11-9-7-8-10-15-19-29(46)47/h12-14,17-18,26-28,31-38,45,49,51H,6-11,15-16,19-24H2,1-5H3,(H,46,47)/t26-,27-,28+,31-,32+,33+,34-,35?,36+,37-,38+,40+,41-,42+,43-/m1/s1. The molecule has 1 spiro atoms. The molecule has 0 radical (unpaired) electrons. The summed E-state index contributed by atoms with van der Waals surface area (Å²) in [5, 5.41) is 47.1. The topological polar surface area (TPSA) is 191 Å². The molecule has 0 amide bonds. The van der Waals surface area contributed by atoms with E-state index < -0.39 is 100 Å². The third-order valence-electron chi connectivity index (χ3n) is 15.4. The number of carbonyl (C=O) groups excluding carboxylic acids is 2. The zero-order valence-electron chi connectivity index (χ0n) is 34.0. The lowest BCUT2D eigenvalue weighted by molar-refractivity contribution is -0.323. The summed E-state index contributed by atoms with van der Waals surface area (Å²) in [6.07, 6.45) is -0.0118. The molecule has 1 aromatic carbocycles. The highest BCUT2D eigenvalue weighted by atomic mass is 16.6. The number of aliphatic hydroxyl groups excluding tert-OH is 2. The van der Waals surface area contributed by atoms with Gasteiger partial charge in [-0.3, -0.25) is 14.5 Å². The Morgan fingerprint density at radius 3 is 2.12 bits per heavy atom. The second-order valence-corrected chi connectivity index (χ2v) is 17.7. The molecular formula is C43H63NO13. The van der Waals surface area contributed by atoms with Gasteiger partial charge in [-0.05, 0) is 43.9 Å². The number of rotatable bonds is 19. The normalized spacial score (nSPS) is 42.5. The lowest BCUT2D eigenvalue weighted by atomic mass is 9.42. The fraction of sp³-hybridized carbons (Fsp3) is 0.791. The molecule has 14 nitrogen and oxygen atoms in total. The fourth-order valence-corrected chi connectivity index (χ4v) is 13.7. The number of piperidine rings is 1. The maximum Gasteiger partial charge on any atom is 0.338 e. The van der Waals surface area contributed by atoms with Gasteiger partial charge in [0.05, 0.1) is 30.5 Å². The van der Waals surface area contributed by atoms with Gasteiger partial charge in [0, 0.05) is 88.9 Å². The summed E-state index contributed by atoms with van der Waals surface area (Å²) in [7, 11) is 6.29. The van der Waals surface area contributed by atoms with Crippen molar-refractivity contribution in [3.05, 3.63) is 35.9 Å². The summed E-state index contributed by atoms with van der Waals surface area (Å²) in [6, 6.07) is 8.16. The summed E-state index contributed by atoms with van der Waals surface area (Å²) in [5.74, 6) is -4.51. The molecule has 0 aromatic heterocycles. The highest BCUT2D eigenvalue weighted by Gasteiger charge is 2.92. The zero-order valence-corrected chi connectivity index (χ0v) is 34.0. The predicted octanol–water partition coefficient (Wildman–Crippen LogP) is 3.22. The number of carbonyl (C=O) groups is 3. The molecule has 1 aliphatic heterocycles. The van der Waals surface area contributed by atoms with Crippen molar-refractivity contribution in [2.24, 2.45) is 34.5 Å². The van der Waals surface area contributed by atoms with Crippen LogP contribution in [0.5, 0.6) is 0 Å². The van der Waals surface area contributed by atoms with Gasteiger partial charge in [0.15, 0.2) is 5.60 Å². The molecule has 15 atom stereocenters. The number of unbranched alkanes of at least 4 members (excludes halogenated alkanes) is 6. The van der Waals surface area contributed by atoms with Crippen LogP contribution in [0.4, 0.5) is 0 Å². The summed E-state index contributed by atoms with van der Waals surface area (Å²) < 4.78 is 38.4. The zero-order chi connectivity index (χ0) is 40.9. The molecule has 6 aliphatic rings. The van der Waals surface area contributed by atoms with E-state index in [0.717, 1.165) is 32.1 Å². The molecule has 1 heterocycles. The number of benzene rings is 1. The number of methoxy groups -OCH3 is 4. The van der Waals surface area contributed by atoms with Crippen molar-refractivity contribution in [2.75, 3.05) is 48.1 Å². The second kappa shape index (κ2) is 16.4. The number of carboxylic acid groups (broad SMARTS) is 1. The van der Waals surface area contributed by atoms with Crippen molar-refractivity contribution in [1.29, 1.82) is 0 Å². The fourth-order valence-electron chi connectivity index (χ4n) is 13.7. The highest BCUT2D eigenvalue weighted by Crippen LogP contribution is 2.80. The molecule has 6 fully saturated rings. The van der Waals surface area contributed by atoms with Crippen LogP contribution in [0.2, 0.25) is 0 Å². The number of nitrogens with zero attached hydrogens (tertiary/aromatic N) is 1. The number of esters is 2. The molecule has 1 saturated heterocycles. The Hall–Kier alpha value is -2.69. The second-order valence-electron chi connectivity index (χ2n) is 17.7. The van der Waals surface area contributed by atoms with E-state index in [9.17, 15) is 29.7 Å². The van der Waals surface area contributed by atoms with E-state index in [-0.39, 0.29) is 31.9 Å². The minimum absolute atomic E-state index is 0.0540. The van der Waals surface area contributed by atoms with Gasteiger partial charge in [0.2, 0.25) is 0 Å². The van der Waals surface area contributed by atoms with E-state index >= 15 is 0 Å². The van der Waals surface area contributed by atoms with Gasteiger partial charge in [-0.2, -0.15) is 0 Å². The minimum atomic E-state index is -1.88. The van der Waals surface area contributed by atoms with Gasteiger partial charge >= 0.3 is 17.9 Å². The number of fused-ring (bicyclic) bond motifs is 2. The first-order valence-corrected chi connectivity index (χ1v) is 21.0. The van der Waals surface area contributed by atoms with Crippen molar-refractivity contribution in [1.82, 2.24) is 4.90 Å². The largest absolute Gasteiger partial charge is 0.481 e. The number of carboxylic acids is 1. The third kappa shape index (κ3) is 6.21. The first kappa shape index (κ1) is 42.4. The molecule has 7 bridgehead atoms. The van der Waals surface area contributed by atoms with E-state index in [0.29, 0.717) is 37.9 Å². The van der Waals surface area contributed by atoms with Crippen LogP contribution in [0.3, 0.4) is 0 Å². The molecule has 1 aromatic rings. The smallest absolute Gasteiger partial charge is 0.338 e. The van der Waals surface area contributed by atoms with Gasteiger partial charge in [-0.1, -0.05) is 57.2 Å². The van der Waals surface area contributed by atoms with Crippen LogP contribution in [-0.4, -0.2) is 145 Å². The average Bonchev–Trinajstić information content (AvgIpc) is 3.57. The van der Waals surface area contributed by atoms with Crippen LogP contribution in [0.25, 0.3) is 0 Å². The third-order valence-corrected chi connectivity index (χ3v) is 15.4. The molecule has 7 rings (SSSR count). The Bertz CT molecular complexity index is 1610.